The van der Waals surface area contributed by atoms with Gasteiger partial charge in [-0.05, 0) is 29.9 Å². The summed E-state index contributed by atoms with van der Waals surface area (Å²) in [5, 5.41) is 0.957. The molecule has 8 heteroatoms. The number of esters is 1. The van der Waals surface area contributed by atoms with E-state index in [2.05, 4.69) is 19.9 Å². The van der Waals surface area contributed by atoms with Crippen LogP contribution in [0.25, 0.3) is 11.2 Å². The molecule has 0 bridgehead atoms. The lowest BCUT2D eigenvalue weighted by Crippen LogP contribution is -2.13. The normalized spacial score (nSPS) is 16.3. The fourth-order valence-corrected chi connectivity index (χ4v) is 3.53. The molecule has 6 nitrogen and oxygen atoms in total. The number of nitrogens with zero attached hydrogens (tertiary/aromatic N) is 3. The molecule has 0 amide bonds. The zero-order valence-electron chi connectivity index (χ0n) is 10.9. The van der Waals surface area contributed by atoms with Crippen molar-refractivity contribution in [3.8, 4) is 0 Å². The number of methoxy groups -OCH3 is 1. The Morgan fingerprint density at radius 1 is 1.55 bits per heavy atom. The highest BCUT2D eigenvalue weighted by atomic mass is 35.5. The second-order valence-corrected chi connectivity index (χ2v) is 6.24. The lowest BCUT2D eigenvalue weighted by Gasteiger charge is -2.12. The molecule has 2 aromatic rings. The predicted octanol–water partition coefficient (Wildman–Crippen LogP) is 2.44. The Hall–Kier alpha value is -1.34. The van der Waals surface area contributed by atoms with Gasteiger partial charge in [-0.3, -0.25) is 4.79 Å². The number of thioether (sulfide) groups is 1. The molecule has 0 unspecified atom stereocenters. The summed E-state index contributed by atoms with van der Waals surface area (Å²) in [6.45, 7) is 0. The molecule has 0 atom stereocenters. The minimum Gasteiger partial charge on any atom is -0.469 e. The maximum absolute atomic E-state index is 11.4. The monoisotopic (exact) mass is 312 g/mol. The molecule has 0 radical (unpaired) electrons. The van der Waals surface area contributed by atoms with Crippen LogP contribution in [-0.2, 0) is 9.53 Å². The maximum atomic E-state index is 11.4. The van der Waals surface area contributed by atoms with Crippen molar-refractivity contribution in [3.05, 3.63) is 11.6 Å². The predicted molar refractivity (Wildman–Crippen MR) is 75.7 cm³/mol. The van der Waals surface area contributed by atoms with Crippen LogP contribution >= 0.6 is 23.4 Å². The highest BCUT2D eigenvalue weighted by molar-refractivity contribution is 7.99. The first-order chi connectivity index (χ1) is 9.62. The summed E-state index contributed by atoms with van der Waals surface area (Å²) in [5.74, 6) is 0.652. The maximum Gasteiger partial charge on any atom is 0.306 e. The van der Waals surface area contributed by atoms with Gasteiger partial charge in [0.2, 0.25) is 5.28 Å². The largest absolute Gasteiger partial charge is 0.469 e. The third-order valence-electron chi connectivity index (χ3n) is 3.44. The van der Waals surface area contributed by atoms with Crippen molar-refractivity contribution in [2.75, 3.05) is 12.9 Å². The van der Waals surface area contributed by atoms with Crippen LogP contribution in [-0.4, -0.2) is 38.8 Å². The Kier molecular flexibility index (Phi) is 3.55. The summed E-state index contributed by atoms with van der Waals surface area (Å²) in [7, 11) is 1.42. The minimum atomic E-state index is -0.157. The lowest BCUT2D eigenvalue weighted by molar-refractivity contribution is -0.141. The third kappa shape index (κ3) is 2.73. The molecular weight excluding hydrogens is 300 g/mol. The van der Waals surface area contributed by atoms with Gasteiger partial charge in [0.05, 0.1) is 19.9 Å². The van der Waals surface area contributed by atoms with Gasteiger partial charge in [0.25, 0.3) is 0 Å². The van der Waals surface area contributed by atoms with E-state index in [-0.39, 0.29) is 16.7 Å². The summed E-state index contributed by atoms with van der Waals surface area (Å²) in [4.78, 5) is 26.8. The van der Waals surface area contributed by atoms with Gasteiger partial charge in [-0.25, -0.2) is 9.97 Å². The van der Waals surface area contributed by atoms with Crippen molar-refractivity contribution >= 4 is 40.5 Å². The van der Waals surface area contributed by atoms with E-state index in [1.807, 2.05) is 0 Å². The van der Waals surface area contributed by atoms with Crippen LogP contribution in [0.4, 0.5) is 0 Å². The van der Waals surface area contributed by atoms with E-state index in [1.165, 1.54) is 7.11 Å². The number of H-pyrrole nitrogens is 1. The van der Waals surface area contributed by atoms with E-state index in [4.69, 9.17) is 16.3 Å². The van der Waals surface area contributed by atoms with Crippen LogP contribution in [0.5, 0.6) is 0 Å². The summed E-state index contributed by atoms with van der Waals surface area (Å²) < 4.78 is 4.74. The van der Waals surface area contributed by atoms with E-state index < -0.39 is 0 Å². The minimum absolute atomic E-state index is 0.0432. The summed E-state index contributed by atoms with van der Waals surface area (Å²) in [6, 6.07) is 0. The van der Waals surface area contributed by atoms with E-state index in [1.54, 1.807) is 18.1 Å². The summed E-state index contributed by atoms with van der Waals surface area (Å²) >= 11 is 7.47. The number of hydrogen-bond acceptors (Lipinski definition) is 6. The van der Waals surface area contributed by atoms with Gasteiger partial charge in [-0.1, -0.05) is 0 Å². The van der Waals surface area contributed by atoms with Crippen molar-refractivity contribution < 1.29 is 9.53 Å². The van der Waals surface area contributed by atoms with Crippen molar-refractivity contribution in [2.45, 2.75) is 24.3 Å². The molecule has 2 heterocycles. The zero-order valence-corrected chi connectivity index (χ0v) is 12.4. The number of aromatic nitrogens is 4. The number of imidazole rings is 1. The summed E-state index contributed by atoms with van der Waals surface area (Å²) in [6.07, 6.45) is 4.11. The highest BCUT2D eigenvalue weighted by Crippen LogP contribution is 2.52. The van der Waals surface area contributed by atoms with Gasteiger partial charge in [-0.15, -0.1) is 11.8 Å². The Morgan fingerprint density at radius 3 is 3.05 bits per heavy atom. The number of halogens is 1. The molecule has 0 spiro atoms. The topological polar surface area (TPSA) is 80.8 Å². The van der Waals surface area contributed by atoms with Crippen molar-refractivity contribution in [3.63, 3.8) is 0 Å². The van der Waals surface area contributed by atoms with Crippen LogP contribution in [0, 0.1) is 5.41 Å². The average Bonchev–Trinajstić information content (AvgIpc) is 3.02. The second kappa shape index (κ2) is 5.21. The number of carbonyl (C=O) groups is 1. The van der Waals surface area contributed by atoms with Crippen LogP contribution in [0.1, 0.15) is 19.3 Å². The summed E-state index contributed by atoms with van der Waals surface area (Å²) in [5.41, 5.74) is 1.39. The first-order valence-electron chi connectivity index (χ1n) is 6.18. The number of nitrogens with one attached hydrogen (secondary N) is 1. The first kappa shape index (κ1) is 13.6. The third-order valence-corrected chi connectivity index (χ3v) is 4.94. The lowest BCUT2D eigenvalue weighted by atomic mass is 10.1. The van der Waals surface area contributed by atoms with Crippen molar-refractivity contribution in [2.24, 2.45) is 5.41 Å². The van der Waals surface area contributed by atoms with Gasteiger partial charge < -0.3 is 9.72 Å². The van der Waals surface area contributed by atoms with Gasteiger partial charge in [0.15, 0.2) is 5.65 Å². The van der Waals surface area contributed by atoms with E-state index in [9.17, 15) is 4.79 Å². The molecule has 0 aromatic carbocycles. The molecule has 1 fully saturated rings. The Balaban J connectivity index is 1.74. The highest BCUT2D eigenvalue weighted by Gasteiger charge is 2.44. The molecular formula is C12H13ClN4O2S. The quantitative estimate of drug-likeness (QED) is 0.395. The fraction of sp³-hybridized carbons (Fsp3) is 0.500. The number of fused-ring (bicyclic) bond motifs is 1. The number of ether oxygens (including phenoxy) is 1. The van der Waals surface area contributed by atoms with E-state index >= 15 is 0 Å². The van der Waals surface area contributed by atoms with Crippen molar-refractivity contribution in [1.29, 1.82) is 0 Å². The van der Waals surface area contributed by atoms with Gasteiger partial charge in [-0.2, -0.15) is 4.98 Å². The number of aromatic amines is 1. The molecule has 106 valence electrons. The smallest absolute Gasteiger partial charge is 0.306 e. The van der Waals surface area contributed by atoms with E-state index in [0.717, 1.165) is 29.1 Å². The molecule has 1 aliphatic rings. The van der Waals surface area contributed by atoms with Gasteiger partial charge in [0.1, 0.15) is 10.5 Å². The van der Waals surface area contributed by atoms with Crippen LogP contribution in [0.15, 0.2) is 11.4 Å². The molecule has 1 N–H and O–H groups in total. The number of rotatable bonds is 5. The standard InChI is InChI=1S/C12H13ClN4O2S/c1-19-7(18)4-12(2-3-12)5-20-10-8-9(15-6-14-8)16-11(13)17-10/h6H,2-5H2,1H3,(H,14,15,16,17). The van der Waals surface area contributed by atoms with Crippen LogP contribution < -0.4 is 0 Å². The van der Waals surface area contributed by atoms with Gasteiger partial charge >= 0.3 is 5.97 Å². The van der Waals surface area contributed by atoms with Crippen LogP contribution in [0.3, 0.4) is 0 Å². The molecule has 3 rings (SSSR count). The second-order valence-electron chi connectivity index (χ2n) is 4.94. The Bertz CT molecular complexity index is 656. The number of carbonyl (C=O) groups excluding carboxylic acids is 1. The molecule has 2 aromatic heterocycles. The Labute approximate surface area is 124 Å². The Morgan fingerprint density at radius 2 is 2.35 bits per heavy atom. The zero-order chi connectivity index (χ0) is 14.2. The molecule has 20 heavy (non-hydrogen) atoms. The van der Waals surface area contributed by atoms with Crippen molar-refractivity contribution in [1.82, 2.24) is 19.9 Å². The molecule has 1 aliphatic carbocycles. The molecule has 0 aliphatic heterocycles. The van der Waals surface area contributed by atoms with Crippen LogP contribution in [0.2, 0.25) is 5.28 Å². The average molecular weight is 313 g/mol. The van der Waals surface area contributed by atoms with E-state index in [0.29, 0.717) is 12.1 Å². The first-order valence-corrected chi connectivity index (χ1v) is 7.54. The molecule has 1 saturated carbocycles. The fourth-order valence-electron chi connectivity index (χ4n) is 2.03. The van der Waals surface area contributed by atoms with Gasteiger partial charge in [0, 0.05) is 5.75 Å². The molecule has 0 saturated heterocycles. The SMILES string of the molecule is COC(=O)CC1(CSc2nc(Cl)nc3nc[nH]c23)CC1. The number of hydrogen-bond donors (Lipinski definition) is 1.